The number of benzene rings is 2. The first-order chi connectivity index (χ1) is 13.7. The molecule has 0 spiro atoms. The number of likely N-dealkylation sites (N-methyl/N-ethyl adjacent to an activating group) is 2. The van der Waals surface area contributed by atoms with E-state index in [2.05, 4.69) is 5.32 Å². The molecule has 2 aromatic carbocycles. The third kappa shape index (κ3) is 6.44. The molecule has 0 aromatic heterocycles. The maximum atomic E-state index is 13.1. The summed E-state index contributed by atoms with van der Waals surface area (Å²) in [6.45, 7) is 1.94. The Labute approximate surface area is 175 Å². The van der Waals surface area contributed by atoms with E-state index in [1.165, 1.54) is 19.2 Å². The van der Waals surface area contributed by atoms with Gasteiger partial charge in [0.05, 0.1) is 31.9 Å². The summed E-state index contributed by atoms with van der Waals surface area (Å²) in [6.07, 6.45) is 0. The Balaban J connectivity index is 1.91. The average Bonchev–Trinajstić information content (AvgIpc) is 2.67. The van der Waals surface area contributed by atoms with Crippen LogP contribution in [0.5, 0.6) is 5.75 Å². The van der Waals surface area contributed by atoms with Gasteiger partial charge in [0.2, 0.25) is 11.8 Å². The van der Waals surface area contributed by atoms with Crippen molar-refractivity contribution < 1.29 is 18.7 Å². The molecule has 0 saturated carbocycles. The van der Waals surface area contributed by atoms with Gasteiger partial charge in [-0.2, -0.15) is 0 Å². The Morgan fingerprint density at radius 2 is 1.79 bits per heavy atom. The first kappa shape index (κ1) is 22.6. The Hall–Kier alpha value is -2.64. The van der Waals surface area contributed by atoms with Crippen LogP contribution < -0.4 is 10.1 Å². The Morgan fingerprint density at radius 3 is 2.41 bits per heavy atom. The van der Waals surface area contributed by atoms with Gasteiger partial charge in [-0.25, -0.2) is 4.39 Å². The molecule has 2 aromatic rings. The van der Waals surface area contributed by atoms with Crippen LogP contribution in [0.1, 0.15) is 18.5 Å². The van der Waals surface area contributed by atoms with E-state index in [9.17, 15) is 14.0 Å². The van der Waals surface area contributed by atoms with Gasteiger partial charge in [-0.05, 0) is 49.9 Å². The van der Waals surface area contributed by atoms with E-state index in [0.29, 0.717) is 16.5 Å². The minimum atomic E-state index is -0.322. The lowest BCUT2D eigenvalue weighted by Crippen LogP contribution is -2.40. The van der Waals surface area contributed by atoms with Crippen molar-refractivity contribution in [1.82, 2.24) is 9.80 Å². The molecule has 0 aliphatic heterocycles. The number of anilines is 1. The lowest BCUT2D eigenvalue weighted by atomic mass is 10.1. The molecule has 2 rings (SSSR count). The number of nitrogens with one attached hydrogen (secondary N) is 1. The molecule has 0 aliphatic carbocycles. The second-order valence-corrected chi connectivity index (χ2v) is 7.23. The number of hydrogen-bond donors (Lipinski definition) is 1. The number of amides is 2. The summed E-state index contributed by atoms with van der Waals surface area (Å²) in [5.74, 6) is -0.279. The van der Waals surface area contributed by atoms with Crippen molar-refractivity contribution >= 4 is 29.1 Å². The Kier molecular flexibility index (Phi) is 7.99. The summed E-state index contributed by atoms with van der Waals surface area (Å²) in [7, 11) is 4.87. The molecule has 2 amide bonds. The minimum absolute atomic E-state index is 0.0141. The van der Waals surface area contributed by atoms with Gasteiger partial charge in [0.25, 0.3) is 0 Å². The summed E-state index contributed by atoms with van der Waals surface area (Å²) < 4.78 is 18.3. The topological polar surface area (TPSA) is 61.9 Å². The lowest BCUT2D eigenvalue weighted by molar-refractivity contribution is -0.133. The Morgan fingerprint density at radius 1 is 1.14 bits per heavy atom. The zero-order valence-electron chi connectivity index (χ0n) is 16.9. The fraction of sp³-hybridized carbons (Fsp3) is 0.333. The predicted octanol–water partition coefficient (Wildman–Crippen LogP) is 3.58. The molecular formula is C21H25ClFN3O3. The standard InChI is InChI=1S/C21H25ClFN3O3/c1-14(15-5-8-17(23)9-6-15)26(3)21(28)13-25(2)12-20(27)24-18-11-16(22)7-10-19(18)29-4/h5-11,14H,12-13H2,1-4H3,(H,24,27). The van der Waals surface area contributed by atoms with Crippen LogP contribution in [0.15, 0.2) is 42.5 Å². The molecule has 1 atom stereocenters. The Bertz CT molecular complexity index is 861. The third-order valence-corrected chi connectivity index (χ3v) is 4.82. The van der Waals surface area contributed by atoms with Gasteiger partial charge in [-0.3, -0.25) is 14.5 Å². The number of carbonyl (C=O) groups is 2. The smallest absolute Gasteiger partial charge is 0.238 e. The number of halogens is 2. The summed E-state index contributed by atoms with van der Waals surface area (Å²) in [6, 6.07) is 10.7. The maximum absolute atomic E-state index is 13.1. The molecule has 0 heterocycles. The van der Waals surface area contributed by atoms with Crippen LogP contribution in [0.3, 0.4) is 0 Å². The maximum Gasteiger partial charge on any atom is 0.238 e. The zero-order valence-corrected chi connectivity index (χ0v) is 17.7. The van der Waals surface area contributed by atoms with Crippen LogP contribution in [0, 0.1) is 5.82 Å². The minimum Gasteiger partial charge on any atom is -0.495 e. The number of rotatable bonds is 8. The summed E-state index contributed by atoms with van der Waals surface area (Å²) in [5.41, 5.74) is 1.29. The van der Waals surface area contributed by atoms with Gasteiger partial charge >= 0.3 is 0 Å². The number of hydrogen-bond acceptors (Lipinski definition) is 4. The molecule has 0 radical (unpaired) electrons. The van der Waals surface area contributed by atoms with Gasteiger partial charge in [0.15, 0.2) is 0 Å². The SMILES string of the molecule is COc1ccc(Cl)cc1NC(=O)CN(C)CC(=O)N(C)C(C)c1ccc(F)cc1. The van der Waals surface area contributed by atoms with E-state index in [4.69, 9.17) is 16.3 Å². The van der Waals surface area contributed by atoms with E-state index >= 15 is 0 Å². The number of nitrogens with zero attached hydrogens (tertiary/aromatic N) is 2. The van der Waals surface area contributed by atoms with Crippen LogP contribution in [0.4, 0.5) is 10.1 Å². The van der Waals surface area contributed by atoms with Crippen molar-refractivity contribution in [3.05, 3.63) is 58.9 Å². The van der Waals surface area contributed by atoms with Crippen molar-refractivity contribution in [3.63, 3.8) is 0 Å². The molecule has 0 bridgehead atoms. The normalized spacial score (nSPS) is 11.8. The van der Waals surface area contributed by atoms with E-state index in [1.54, 1.807) is 54.2 Å². The van der Waals surface area contributed by atoms with Gasteiger partial charge in [0, 0.05) is 12.1 Å². The number of carbonyl (C=O) groups excluding carboxylic acids is 2. The van der Waals surface area contributed by atoms with Gasteiger partial charge in [-0.1, -0.05) is 23.7 Å². The molecule has 1 N–H and O–H groups in total. The highest BCUT2D eigenvalue weighted by Gasteiger charge is 2.20. The summed E-state index contributed by atoms with van der Waals surface area (Å²) in [5, 5.41) is 3.21. The summed E-state index contributed by atoms with van der Waals surface area (Å²) >= 11 is 5.97. The highest BCUT2D eigenvalue weighted by Crippen LogP contribution is 2.27. The van der Waals surface area contributed by atoms with Gasteiger partial charge in [-0.15, -0.1) is 0 Å². The second-order valence-electron chi connectivity index (χ2n) is 6.80. The second kappa shape index (κ2) is 10.2. The van der Waals surface area contributed by atoms with Crippen LogP contribution in [0.2, 0.25) is 5.02 Å². The van der Waals surface area contributed by atoms with Gasteiger partial charge in [0.1, 0.15) is 11.6 Å². The van der Waals surface area contributed by atoms with Crippen molar-refractivity contribution in [3.8, 4) is 5.75 Å². The lowest BCUT2D eigenvalue weighted by Gasteiger charge is -2.27. The average molecular weight is 422 g/mol. The van der Waals surface area contributed by atoms with E-state index in [1.807, 2.05) is 6.92 Å². The van der Waals surface area contributed by atoms with E-state index in [-0.39, 0.29) is 36.8 Å². The van der Waals surface area contributed by atoms with Crippen molar-refractivity contribution in [1.29, 1.82) is 0 Å². The predicted molar refractivity (Wildman–Crippen MR) is 112 cm³/mol. The molecule has 1 unspecified atom stereocenters. The molecule has 29 heavy (non-hydrogen) atoms. The van der Waals surface area contributed by atoms with Crippen LogP contribution in [0.25, 0.3) is 0 Å². The largest absolute Gasteiger partial charge is 0.495 e. The molecule has 8 heteroatoms. The first-order valence-electron chi connectivity index (χ1n) is 9.04. The number of ether oxygens (including phenoxy) is 1. The molecular weight excluding hydrogens is 397 g/mol. The highest BCUT2D eigenvalue weighted by molar-refractivity contribution is 6.31. The fourth-order valence-electron chi connectivity index (χ4n) is 2.79. The van der Waals surface area contributed by atoms with Crippen molar-refractivity contribution in [2.75, 3.05) is 39.6 Å². The number of methoxy groups -OCH3 is 1. The quantitative estimate of drug-likeness (QED) is 0.707. The molecule has 6 nitrogen and oxygen atoms in total. The van der Waals surface area contributed by atoms with Crippen molar-refractivity contribution in [2.45, 2.75) is 13.0 Å². The zero-order chi connectivity index (χ0) is 21.6. The molecule has 156 valence electrons. The summed E-state index contributed by atoms with van der Waals surface area (Å²) in [4.78, 5) is 28.1. The van der Waals surface area contributed by atoms with Gasteiger partial charge < -0.3 is 15.0 Å². The molecule has 0 aliphatic rings. The van der Waals surface area contributed by atoms with Crippen LogP contribution >= 0.6 is 11.6 Å². The van der Waals surface area contributed by atoms with Crippen LogP contribution in [-0.4, -0.2) is 55.9 Å². The highest BCUT2D eigenvalue weighted by atomic mass is 35.5. The van der Waals surface area contributed by atoms with Crippen molar-refractivity contribution in [2.24, 2.45) is 0 Å². The van der Waals surface area contributed by atoms with E-state index in [0.717, 1.165) is 5.56 Å². The first-order valence-corrected chi connectivity index (χ1v) is 9.42. The fourth-order valence-corrected chi connectivity index (χ4v) is 2.96. The molecule has 0 fully saturated rings. The molecule has 0 saturated heterocycles. The van der Waals surface area contributed by atoms with Crippen LogP contribution in [-0.2, 0) is 9.59 Å². The van der Waals surface area contributed by atoms with E-state index < -0.39 is 0 Å². The third-order valence-electron chi connectivity index (χ3n) is 4.58. The monoisotopic (exact) mass is 421 g/mol.